The molecule has 2 heterocycles. The quantitative estimate of drug-likeness (QED) is 0.748. The molecule has 3 amide bonds. The summed E-state index contributed by atoms with van der Waals surface area (Å²) >= 11 is 5.93. The average Bonchev–Trinajstić information content (AvgIpc) is 2.92. The molecule has 0 N–H and O–H groups in total. The minimum atomic E-state index is -0.364. The molecule has 0 saturated carbocycles. The lowest BCUT2D eigenvalue weighted by Gasteiger charge is -2.36. The van der Waals surface area contributed by atoms with Crippen molar-refractivity contribution in [3.63, 3.8) is 0 Å². The van der Waals surface area contributed by atoms with Gasteiger partial charge in [0.2, 0.25) is 0 Å². The number of piperazine rings is 1. The summed E-state index contributed by atoms with van der Waals surface area (Å²) in [7, 11) is 1.45. The van der Waals surface area contributed by atoms with E-state index in [1.165, 1.54) is 13.1 Å². The molecule has 0 atom stereocenters. The van der Waals surface area contributed by atoms with E-state index in [9.17, 15) is 14.4 Å². The summed E-state index contributed by atoms with van der Waals surface area (Å²) in [5, 5.41) is 0.697. The zero-order chi connectivity index (χ0) is 19.1. The van der Waals surface area contributed by atoms with Gasteiger partial charge < -0.3 is 9.80 Å². The number of imide groups is 1. The Balaban J connectivity index is 1.47. The molecular weight excluding hydrogens is 366 g/mol. The van der Waals surface area contributed by atoms with Crippen molar-refractivity contribution in [3.05, 3.63) is 64.2 Å². The van der Waals surface area contributed by atoms with Gasteiger partial charge in [0, 0.05) is 49.5 Å². The van der Waals surface area contributed by atoms with E-state index in [0.29, 0.717) is 34.8 Å². The summed E-state index contributed by atoms with van der Waals surface area (Å²) in [5.74, 6) is -0.814. The maximum atomic E-state index is 12.8. The number of amides is 3. The second kappa shape index (κ2) is 6.70. The van der Waals surface area contributed by atoms with E-state index in [2.05, 4.69) is 4.90 Å². The van der Waals surface area contributed by atoms with Gasteiger partial charge in [-0.3, -0.25) is 19.3 Å². The highest BCUT2D eigenvalue weighted by Gasteiger charge is 2.33. The number of nitrogens with zero attached hydrogens (tertiary/aromatic N) is 3. The van der Waals surface area contributed by atoms with Crippen molar-refractivity contribution in [2.45, 2.75) is 0 Å². The molecule has 138 valence electrons. The molecule has 27 heavy (non-hydrogen) atoms. The fourth-order valence-electron chi connectivity index (χ4n) is 3.50. The largest absolute Gasteiger partial charge is 0.368 e. The lowest BCUT2D eigenvalue weighted by atomic mass is 10.0. The summed E-state index contributed by atoms with van der Waals surface area (Å²) in [6.07, 6.45) is 0. The number of fused-ring (bicyclic) bond motifs is 1. The number of benzene rings is 2. The molecule has 6 nitrogen and oxygen atoms in total. The predicted molar refractivity (Wildman–Crippen MR) is 102 cm³/mol. The van der Waals surface area contributed by atoms with E-state index in [-0.39, 0.29) is 17.7 Å². The Morgan fingerprint density at radius 3 is 2.19 bits per heavy atom. The molecule has 0 spiro atoms. The number of hydrogen-bond donors (Lipinski definition) is 0. The normalized spacial score (nSPS) is 16.7. The summed E-state index contributed by atoms with van der Waals surface area (Å²) in [4.78, 5) is 42.0. The molecule has 4 rings (SSSR count). The Labute approximate surface area is 161 Å². The summed E-state index contributed by atoms with van der Waals surface area (Å²) in [5.41, 5.74) is 2.17. The molecule has 0 aromatic heterocycles. The molecule has 2 aliphatic heterocycles. The van der Waals surface area contributed by atoms with Crippen LogP contribution in [-0.2, 0) is 0 Å². The van der Waals surface area contributed by atoms with E-state index in [4.69, 9.17) is 11.6 Å². The molecule has 2 aliphatic rings. The molecule has 1 fully saturated rings. The number of halogens is 1. The summed E-state index contributed by atoms with van der Waals surface area (Å²) in [6, 6.07) is 12.4. The van der Waals surface area contributed by atoms with E-state index in [1.807, 2.05) is 24.3 Å². The number of carbonyl (C=O) groups is 3. The Bertz CT molecular complexity index is 934. The molecule has 0 bridgehead atoms. The van der Waals surface area contributed by atoms with Crippen LogP contribution in [0.5, 0.6) is 0 Å². The van der Waals surface area contributed by atoms with Crippen molar-refractivity contribution in [2.24, 2.45) is 0 Å². The minimum Gasteiger partial charge on any atom is -0.368 e. The fourth-order valence-corrected chi connectivity index (χ4v) is 3.62. The topological polar surface area (TPSA) is 60.9 Å². The van der Waals surface area contributed by atoms with Gasteiger partial charge in [0.1, 0.15) is 0 Å². The van der Waals surface area contributed by atoms with Crippen LogP contribution >= 0.6 is 11.6 Å². The second-order valence-corrected chi connectivity index (χ2v) is 7.12. The van der Waals surface area contributed by atoms with Crippen LogP contribution in [0.3, 0.4) is 0 Å². The molecule has 2 aromatic carbocycles. The van der Waals surface area contributed by atoms with Crippen LogP contribution < -0.4 is 4.90 Å². The van der Waals surface area contributed by atoms with Crippen LogP contribution in [0, 0.1) is 0 Å². The van der Waals surface area contributed by atoms with E-state index < -0.39 is 0 Å². The van der Waals surface area contributed by atoms with Gasteiger partial charge in [-0.15, -0.1) is 0 Å². The van der Waals surface area contributed by atoms with Crippen LogP contribution in [0.15, 0.2) is 42.5 Å². The van der Waals surface area contributed by atoms with Crippen LogP contribution in [0.4, 0.5) is 5.69 Å². The van der Waals surface area contributed by atoms with Gasteiger partial charge >= 0.3 is 0 Å². The summed E-state index contributed by atoms with van der Waals surface area (Å²) in [6.45, 7) is 2.62. The first-order valence-corrected chi connectivity index (χ1v) is 9.10. The Hall–Kier alpha value is -2.86. The lowest BCUT2D eigenvalue weighted by molar-refractivity contribution is 0.0692. The van der Waals surface area contributed by atoms with Crippen molar-refractivity contribution in [3.8, 4) is 0 Å². The van der Waals surface area contributed by atoms with Gasteiger partial charge in [0.05, 0.1) is 11.1 Å². The van der Waals surface area contributed by atoms with E-state index >= 15 is 0 Å². The third-order valence-electron chi connectivity index (χ3n) is 5.10. The van der Waals surface area contributed by atoms with Gasteiger partial charge in [-0.25, -0.2) is 0 Å². The molecule has 7 heteroatoms. The molecule has 0 aliphatic carbocycles. The summed E-state index contributed by atoms with van der Waals surface area (Å²) < 4.78 is 0. The van der Waals surface area contributed by atoms with Crippen molar-refractivity contribution in [1.29, 1.82) is 0 Å². The SMILES string of the molecule is CN1C(=O)c2ccc(C(=O)N3CCN(c4ccc(Cl)cc4)CC3)cc2C1=O. The first-order valence-electron chi connectivity index (χ1n) is 8.72. The predicted octanol–water partition coefficient (Wildman–Crippen LogP) is 2.53. The van der Waals surface area contributed by atoms with Crippen LogP contribution in [0.1, 0.15) is 31.1 Å². The maximum Gasteiger partial charge on any atom is 0.261 e. The zero-order valence-electron chi connectivity index (χ0n) is 14.8. The van der Waals surface area contributed by atoms with Crippen LogP contribution in [0.25, 0.3) is 0 Å². The number of hydrogen-bond acceptors (Lipinski definition) is 4. The molecule has 0 radical (unpaired) electrons. The van der Waals surface area contributed by atoms with Gasteiger partial charge in [-0.05, 0) is 42.5 Å². The van der Waals surface area contributed by atoms with Crippen molar-refractivity contribution in [1.82, 2.24) is 9.80 Å². The van der Waals surface area contributed by atoms with Crippen molar-refractivity contribution >= 4 is 35.0 Å². The van der Waals surface area contributed by atoms with Gasteiger partial charge in [0.25, 0.3) is 17.7 Å². The van der Waals surface area contributed by atoms with Gasteiger partial charge in [-0.1, -0.05) is 11.6 Å². The Morgan fingerprint density at radius 2 is 1.52 bits per heavy atom. The second-order valence-electron chi connectivity index (χ2n) is 6.69. The first-order chi connectivity index (χ1) is 13.0. The molecule has 2 aromatic rings. The highest BCUT2D eigenvalue weighted by Crippen LogP contribution is 2.24. The van der Waals surface area contributed by atoms with Crippen LogP contribution in [-0.4, -0.2) is 60.7 Å². The fraction of sp³-hybridized carbons (Fsp3) is 0.250. The monoisotopic (exact) mass is 383 g/mol. The number of rotatable bonds is 2. The Morgan fingerprint density at radius 1 is 0.889 bits per heavy atom. The minimum absolute atomic E-state index is 0.122. The highest BCUT2D eigenvalue weighted by molar-refractivity contribution is 6.30. The molecule has 0 unspecified atom stereocenters. The lowest BCUT2D eigenvalue weighted by Crippen LogP contribution is -2.48. The van der Waals surface area contributed by atoms with E-state index in [1.54, 1.807) is 17.0 Å². The van der Waals surface area contributed by atoms with Gasteiger partial charge in [-0.2, -0.15) is 0 Å². The van der Waals surface area contributed by atoms with Gasteiger partial charge in [0.15, 0.2) is 0 Å². The number of carbonyl (C=O) groups excluding carboxylic acids is 3. The third kappa shape index (κ3) is 3.06. The van der Waals surface area contributed by atoms with E-state index in [0.717, 1.165) is 23.7 Å². The standard InChI is InChI=1S/C20H18ClN3O3/c1-22-19(26)16-7-2-13(12-17(16)20(22)27)18(25)24-10-8-23(9-11-24)15-5-3-14(21)4-6-15/h2-7,12H,8-11H2,1H3. The Kier molecular flexibility index (Phi) is 4.36. The molecular formula is C20H18ClN3O3. The smallest absolute Gasteiger partial charge is 0.261 e. The third-order valence-corrected chi connectivity index (χ3v) is 5.35. The molecule has 1 saturated heterocycles. The number of anilines is 1. The van der Waals surface area contributed by atoms with Crippen molar-refractivity contribution in [2.75, 3.05) is 38.1 Å². The van der Waals surface area contributed by atoms with Crippen LogP contribution in [0.2, 0.25) is 5.02 Å². The highest BCUT2D eigenvalue weighted by atomic mass is 35.5. The zero-order valence-corrected chi connectivity index (χ0v) is 15.6. The maximum absolute atomic E-state index is 12.8. The van der Waals surface area contributed by atoms with Crippen molar-refractivity contribution < 1.29 is 14.4 Å². The first kappa shape index (κ1) is 17.5. The average molecular weight is 384 g/mol.